The van der Waals surface area contributed by atoms with Crippen molar-refractivity contribution in [1.82, 2.24) is 14.7 Å². The van der Waals surface area contributed by atoms with Gasteiger partial charge in [0.25, 0.3) is 5.91 Å². The SMILES string of the molecule is Cc1ccc(C(=O)N2CCn3nc(COc4ccccc4)cc3C2)cc1C#N. The van der Waals surface area contributed by atoms with Crippen LogP contribution >= 0.6 is 0 Å². The zero-order valence-electron chi connectivity index (χ0n) is 15.6. The quantitative estimate of drug-likeness (QED) is 0.704. The van der Waals surface area contributed by atoms with E-state index in [0.29, 0.717) is 37.4 Å². The molecule has 0 N–H and O–H groups in total. The third-order valence-corrected chi connectivity index (χ3v) is 4.87. The average Bonchev–Trinajstić information content (AvgIpc) is 3.15. The Hall–Kier alpha value is -3.59. The zero-order chi connectivity index (χ0) is 19.5. The van der Waals surface area contributed by atoms with Gasteiger partial charge in [0.1, 0.15) is 18.1 Å². The lowest BCUT2D eigenvalue weighted by Crippen LogP contribution is -2.38. The number of para-hydroxylation sites is 1. The first-order valence-corrected chi connectivity index (χ1v) is 9.17. The van der Waals surface area contributed by atoms with Crippen LogP contribution in [0.3, 0.4) is 0 Å². The summed E-state index contributed by atoms with van der Waals surface area (Å²) >= 11 is 0. The maximum absolute atomic E-state index is 12.9. The first kappa shape index (κ1) is 17.8. The Labute approximate surface area is 163 Å². The third kappa shape index (κ3) is 3.60. The van der Waals surface area contributed by atoms with E-state index in [-0.39, 0.29) is 5.91 Å². The molecule has 28 heavy (non-hydrogen) atoms. The van der Waals surface area contributed by atoms with Gasteiger partial charge in [-0.1, -0.05) is 24.3 Å². The predicted octanol–water partition coefficient (Wildman–Crippen LogP) is 3.30. The Kier molecular flexibility index (Phi) is 4.81. The highest BCUT2D eigenvalue weighted by Gasteiger charge is 2.23. The number of aromatic nitrogens is 2. The van der Waals surface area contributed by atoms with Crippen LogP contribution in [0, 0.1) is 18.3 Å². The van der Waals surface area contributed by atoms with Crippen LogP contribution in [0.5, 0.6) is 5.75 Å². The fraction of sp³-hybridized carbons (Fsp3) is 0.227. The second-order valence-corrected chi connectivity index (χ2v) is 6.82. The van der Waals surface area contributed by atoms with Gasteiger partial charge in [0.05, 0.1) is 30.4 Å². The molecule has 0 spiro atoms. The highest BCUT2D eigenvalue weighted by atomic mass is 16.5. The summed E-state index contributed by atoms with van der Waals surface area (Å²) < 4.78 is 7.70. The normalized spacial score (nSPS) is 12.9. The fourth-order valence-corrected chi connectivity index (χ4v) is 3.30. The van der Waals surface area contributed by atoms with Crippen molar-refractivity contribution in [3.05, 3.63) is 82.7 Å². The van der Waals surface area contributed by atoms with Gasteiger partial charge in [0, 0.05) is 12.1 Å². The highest BCUT2D eigenvalue weighted by Crippen LogP contribution is 2.19. The van der Waals surface area contributed by atoms with Gasteiger partial charge in [-0.25, -0.2) is 0 Å². The lowest BCUT2D eigenvalue weighted by atomic mass is 10.0. The molecule has 1 aromatic heterocycles. The molecule has 0 fully saturated rings. The first-order valence-electron chi connectivity index (χ1n) is 9.17. The molecule has 140 valence electrons. The van der Waals surface area contributed by atoms with Crippen molar-refractivity contribution in [2.45, 2.75) is 26.6 Å². The Morgan fingerprint density at radius 2 is 2.00 bits per heavy atom. The summed E-state index contributed by atoms with van der Waals surface area (Å²) in [5.74, 6) is 0.740. The molecule has 1 aliphatic heterocycles. The van der Waals surface area contributed by atoms with Crippen molar-refractivity contribution in [3.63, 3.8) is 0 Å². The number of fused-ring (bicyclic) bond motifs is 1. The first-order chi connectivity index (χ1) is 13.6. The molecule has 0 aliphatic carbocycles. The van der Waals surface area contributed by atoms with E-state index in [9.17, 15) is 10.1 Å². The number of hydrogen-bond donors (Lipinski definition) is 0. The molecule has 6 heteroatoms. The molecular formula is C22H20N4O2. The van der Waals surface area contributed by atoms with Crippen molar-refractivity contribution >= 4 is 5.91 Å². The smallest absolute Gasteiger partial charge is 0.254 e. The van der Waals surface area contributed by atoms with Gasteiger partial charge in [-0.3, -0.25) is 9.48 Å². The summed E-state index contributed by atoms with van der Waals surface area (Å²) in [5, 5.41) is 13.8. The minimum absolute atomic E-state index is 0.0639. The molecular weight excluding hydrogens is 352 g/mol. The number of carbonyl (C=O) groups excluding carboxylic acids is 1. The molecule has 0 saturated carbocycles. The predicted molar refractivity (Wildman–Crippen MR) is 104 cm³/mol. The second kappa shape index (κ2) is 7.57. The lowest BCUT2D eigenvalue weighted by molar-refractivity contribution is 0.0706. The van der Waals surface area contributed by atoms with Gasteiger partial charge in [-0.05, 0) is 42.8 Å². The van der Waals surface area contributed by atoms with Gasteiger partial charge in [0.2, 0.25) is 0 Å². The maximum atomic E-state index is 12.9. The van der Waals surface area contributed by atoms with Crippen LogP contribution in [-0.2, 0) is 19.7 Å². The molecule has 3 aromatic rings. The lowest BCUT2D eigenvalue weighted by Gasteiger charge is -2.27. The van der Waals surface area contributed by atoms with Gasteiger partial charge >= 0.3 is 0 Å². The van der Waals surface area contributed by atoms with Crippen molar-refractivity contribution in [2.24, 2.45) is 0 Å². The molecule has 0 radical (unpaired) electrons. The monoisotopic (exact) mass is 372 g/mol. The average molecular weight is 372 g/mol. The van der Waals surface area contributed by atoms with Gasteiger partial charge in [-0.2, -0.15) is 10.4 Å². The van der Waals surface area contributed by atoms with Crippen LogP contribution in [-0.4, -0.2) is 27.1 Å². The maximum Gasteiger partial charge on any atom is 0.254 e. The summed E-state index contributed by atoms with van der Waals surface area (Å²) in [6.45, 7) is 3.98. The fourth-order valence-electron chi connectivity index (χ4n) is 3.30. The number of carbonyl (C=O) groups is 1. The van der Waals surface area contributed by atoms with E-state index in [0.717, 1.165) is 22.7 Å². The second-order valence-electron chi connectivity index (χ2n) is 6.82. The van der Waals surface area contributed by atoms with E-state index in [2.05, 4.69) is 11.2 Å². The summed E-state index contributed by atoms with van der Waals surface area (Å²) in [6.07, 6.45) is 0. The van der Waals surface area contributed by atoms with Crippen LogP contribution in [0.2, 0.25) is 0 Å². The molecule has 4 rings (SSSR count). The van der Waals surface area contributed by atoms with Crippen molar-refractivity contribution in [1.29, 1.82) is 5.26 Å². The van der Waals surface area contributed by atoms with E-state index in [1.807, 2.05) is 54.1 Å². The largest absolute Gasteiger partial charge is 0.487 e. The Morgan fingerprint density at radius 1 is 1.18 bits per heavy atom. The minimum Gasteiger partial charge on any atom is -0.487 e. The van der Waals surface area contributed by atoms with Crippen molar-refractivity contribution in [3.8, 4) is 11.8 Å². The van der Waals surface area contributed by atoms with Crippen molar-refractivity contribution < 1.29 is 9.53 Å². The Bertz CT molecular complexity index is 1050. The van der Waals surface area contributed by atoms with E-state index in [1.165, 1.54) is 0 Å². The van der Waals surface area contributed by atoms with E-state index >= 15 is 0 Å². The molecule has 0 unspecified atom stereocenters. The van der Waals surface area contributed by atoms with Crippen LogP contribution in [0.1, 0.15) is 32.9 Å². The number of amides is 1. The molecule has 1 aliphatic rings. The molecule has 2 aromatic carbocycles. The van der Waals surface area contributed by atoms with Crippen LogP contribution in [0.25, 0.3) is 0 Å². The third-order valence-electron chi connectivity index (χ3n) is 4.87. The van der Waals surface area contributed by atoms with Crippen LogP contribution < -0.4 is 4.74 Å². The van der Waals surface area contributed by atoms with Gasteiger partial charge in [0.15, 0.2) is 0 Å². The number of nitrogens with zero attached hydrogens (tertiary/aromatic N) is 4. The van der Waals surface area contributed by atoms with E-state index < -0.39 is 0 Å². The number of ether oxygens (including phenoxy) is 1. The minimum atomic E-state index is -0.0639. The Morgan fingerprint density at radius 3 is 2.79 bits per heavy atom. The summed E-state index contributed by atoms with van der Waals surface area (Å²) in [4.78, 5) is 14.7. The molecule has 6 nitrogen and oxygen atoms in total. The molecule has 0 saturated heterocycles. The number of hydrogen-bond acceptors (Lipinski definition) is 4. The summed E-state index contributed by atoms with van der Waals surface area (Å²) in [6, 6.07) is 19.0. The number of rotatable bonds is 4. The standard InChI is InChI=1S/C22H20N4O2/c1-16-7-8-17(11-18(16)13-23)22(27)25-9-10-26-20(14-25)12-19(24-26)15-28-21-5-3-2-4-6-21/h2-8,11-12H,9-10,14-15H2,1H3. The van der Waals surface area contributed by atoms with Crippen LogP contribution in [0.4, 0.5) is 0 Å². The molecule has 0 atom stereocenters. The van der Waals surface area contributed by atoms with E-state index in [4.69, 9.17) is 4.74 Å². The van der Waals surface area contributed by atoms with Crippen LogP contribution in [0.15, 0.2) is 54.6 Å². The Balaban J connectivity index is 1.45. The summed E-state index contributed by atoms with van der Waals surface area (Å²) in [5.41, 5.74) is 3.78. The number of aryl methyl sites for hydroxylation is 1. The molecule has 1 amide bonds. The highest BCUT2D eigenvalue weighted by molar-refractivity contribution is 5.94. The molecule has 0 bridgehead atoms. The zero-order valence-corrected chi connectivity index (χ0v) is 15.6. The topological polar surface area (TPSA) is 71.2 Å². The van der Waals surface area contributed by atoms with Gasteiger partial charge in [-0.15, -0.1) is 0 Å². The number of benzene rings is 2. The van der Waals surface area contributed by atoms with Crippen molar-refractivity contribution in [2.75, 3.05) is 6.54 Å². The molecule has 2 heterocycles. The number of nitriles is 1. The summed E-state index contributed by atoms with van der Waals surface area (Å²) in [7, 11) is 0. The van der Waals surface area contributed by atoms with Gasteiger partial charge < -0.3 is 9.64 Å². The van der Waals surface area contributed by atoms with E-state index in [1.54, 1.807) is 17.0 Å².